The number of aromatic nitrogens is 8. The van der Waals surface area contributed by atoms with Crippen LogP contribution in [0, 0.1) is 13.8 Å². The summed E-state index contributed by atoms with van der Waals surface area (Å²) in [6, 6.07) is 5.84. The van der Waals surface area contributed by atoms with Gasteiger partial charge in [-0.1, -0.05) is 17.7 Å². The second kappa shape index (κ2) is 13.4. The Kier molecular flexibility index (Phi) is 9.01. The van der Waals surface area contributed by atoms with E-state index in [4.69, 9.17) is 26.1 Å². The Morgan fingerprint density at radius 1 is 0.733 bits per heavy atom. The molecule has 0 bridgehead atoms. The highest BCUT2D eigenvalue weighted by Crippen LogP contribution is 2.33. The van der Waals surface area contributed by atoms with Gasteiger partial charge >= 0.3 is 0 Å². The van der Waals surface area contributed by atoms with Crippen LogP contribution in [0.4, 0.5) is 5.82 Å². The molecule has 0 radical (unpaired) electrons. The van der Waals surface area contributed by atoms with Gasteiger partial charge in [-0.2, -0.15) is 0 Å². The van der Waals surface area contributed by atoms with Crippen LogP contribution in [0.25, 0.3) is 43.5 Å². The van der Waals surface area contributed by atoms with E-state index in [2.05, 4.69) is 52.5 Å². The molecule has 226 valence electrons. The predicted octanol–water partition coefficient (Wildman–Crippen LogP) is 7.20. The Labute approximate surface area is 271 Å². The lowest BCUT2D eigenvalue weighted by Gasteiger charge is -2.12. The minimum Gasteiger partial charge on any atom is -0.493 e. The van der Waals surface area contributed by atoms with E-state index in [-0.39, 0.29) is 0 Å². The van der Waals surface area contributed by atoms with Crippen LogP contribution in [0.5, 0.6) is 11.5 Å². The number of fused-ring (bicyclic) bond motifs is 2. The van der Waals surface area contributed by atoms with E-state index >= 15 is 0 Å². The van der Waals surface area contributed by atoms with Gasteiger partial charge < -0.3 is 14.8 Å². The summed E-state index contributed by atoms with van der Waals surface area (Å²) in [7, 11) is 3.26. The quantitative estimate of drug-likeness (QED) is 0.175. The average Bonchev–Trinajstić information content (AvgIpc) is 3.66. The van der Waals surface area contributed by atoms with Crippen LogP contribution in [-0.4, -0.2) is 54.1 Å². The number of hydrogen-bond donors (Lipinski definition) is 1. The van der Waals surface area contributed by atoms with Crippen molar-refractivity contribution < 1.29 is 9.47 Å². The number of ether oxygens (including phenoxy) is 2. The molecule has 7 rings (SSSR count). The molecule has 6 aromatic heterocycles. The Morgan fingerprint density at radius 3 is 1.93 bits per heavy atom. The lowest BCUT2D eigenvalue weighted by Crippen LogP contribution is -2.05. The van der Waals surface area contributed by atoms with Gasteiger partial charge in [0.25, 0.3) is 0 Å². The monoisotopic (exact) mass is 655 g/mol. The van der Waals surface area contributed by atoms with Crippen molar-refractivity contribution in [2.75, 3.05) is 19.5 Å². The Bertz CT molecular complexity index is 2090. The van der Waals surface area contributed by atoms with E-state index in [1.54, 1.807) is 74.1 Å². The van der Waals surface area contributed by atoms with Gasteiger partial charge in [-0.3, -0.25) is 9.97 Å². The molecule has 0 unspecified atom stereocenters. The fourth-order valence-corrected chi connectivity index (χ4v) is 6.70. The molecule has 1 N–H and O–H groups in total. The van der Waals surface area contributed by atoms with Gasteiger partial charge in [0, 0.05) is 31.3 Å². The van der Waals surface area contributed by atoms with Crippen LogP contribution < -0.4 is 14.8 Å². The number of anilines is 1. The first kappa shape index (κ1) is 30.2. The molecular weight excluding hydrogens is 630 g/mol. The predicted molar refractivity (Wildman–Crippen MR) is 178 cm³/mol. The van der Waals surface area contributed by atoms with E-state index in [1.165, 1.54) is 0 Å². The zero-order valence-corrected chi connectivity index (χ0v) is 27.0. The van der Waals surface area contributed by atoms with Crippen LogP contribution in [0.3, 0.4) is 0 Å². The van der Waals surface area contributed by atoms with Gasteiger partial charge in [-0.15, -0.1) is 22.7 Å². The molecule has 0 aliphatic heterocycles. The van der Waals surface area contributed by atoms with E-state index in [0.717, 1.165) is 42.9 Å². The maximum atomic E-state index is 6.17. The van der Waals surface area contributed by atoms with Crippen molar-refractivity contribution in [1.82, 2.24) is 39.9 Å². The SMILES string of the molecule is COc1ccc(CNc2nc(-c3cnccn3)nc3scc(C)c23)cc1OC.Cc1csc2nc(-c3cnccn3)nc(Cl)c12. The summed E-state index contributed by atoms with van der Waals surface area (Å²) >= 11 is 9.31. The number of benzene rings is 1. The first-order chi connectivity index (χ1) is 21.9. The number of nitrogens with one attached hydrogen (secondary N) is 1. The highest BCUT2D eigenvalue weighted by atomic mass is 35.5. The van der Waals surface area contributed by atoms with Crippen molar-refractivity contribution in [2.45, 2.75) is 20.4 Å². The third kappa shape index (κ3) is 6.50. The Hall–Kier alpha value is -4.85. The molecule has 0 saturated heterocycles. The summed E-state index contributed by atoms with van der Waals surface area (Å²) in [5.41, 5.74) is 4.56. The molecule has 0 saturated carbocycles. The van der Waals surface area contributed by atoms with Crippen LogP contribution >= 0.6 is 34.3 Å². The van der Waals surface area contributed by atoms with E-state index in [0.29, 0.717) is 46.2 Å². The topological polar surface area (TPSA) is 134 Å². The number of nitrogens with zero attached hydrogens (tertiary/aromatic N) is 8. The molecule has 0 aliphatic carbocycles. The smallest absolute Gasteiger partial charge is 0.183 e. The number of thiophene rings is 2. The highest BCUT2D eigenvalue weighted by Gasteiger charge is 2.15. The third-order valence-electron chi connectivity index (χ3n) is 6.68. The normalized spacial score (nSPS) is 10.9. The summed E-state index contributed by atoms with van der Waals surface area (Å²) in [5, 5.41) is 9.96. The minimum atomic E-state index is 0.467. The Morgan fingerprint density at radius 2 is 1.33 bits per heavy atom. The van der Waals surface area contributed by atoms with E-state index < -0.39 is 0 Å². The first-order valence-electron chi connectivity index (χ1n) is 13.6. The molecule has 0 aliphatic rings. The maximum absolute atomic E-state index is 6.17. The van der Waals surface area contributed by atoms with Crippen molar-refractivity contribution in [3.63, 3.8) is 0 Å². The molecule has 6 heterocycles. The first-order valence-corrected chi connectivity index (χ1v) is 15.7. The zero-order chi connectivity index (χ0) is 31.3. The summed E-state index contributed by atoms with van der Waals surface area (Å²) in [6.07, 6.45) is 9.78. The molecule has 7 aromatic rings. The molecule has 0 spiro atoms. The number of methoxy groups -OCH3 is 2. The van der Waals surface area contributed by atoms with Crippen LogP contribution in [-0.2, 0) is 6.54 Å². The third-order valence-corrected chi connectivity index (χ3v) is 8.94. The largest absolute Gasteiger partial charge is 0.493 e. The molecule has 14 heteroatoms. The molecule has 45 heavy (non-hydrogen) atoms. The fraction of sp³-hybridized carbons (Fsp3) is 0.161. The van der Waals surface area contributed by atoms with Crippen molar-refractivity contribution in [2.24, 2.45) is 0 Å². The number of hydrogen-bond acceptors (Lipinski definition) is 13. The Balaban J connectivity index is 0.000000179. The van der Waals surface area contributed by atoms with Crippen molar-refractivity contribution in [1.29, 1.82) is 0 Å². The van der Waals surface area contributed by atoms with E-state index in [9.17, 15) is 0 Å². The summed E-state index contributed by atoms with van der Waals surface area (Å²) in [6.45, 7) is 4.64. The van der Waals surface area contributed by atoms with Crippen LogP contribution in [0.2, 0.25) is 5.15 Å². The van der Waals surface area contributed by atoms with E-state index in [1.807, 2.05) is 30.5 Å². The van der Waals surface area contributed by atoms with Crippen molar-refractivity contribution in [3.8, 4) is 34.5 Å². The van der Waals surface area contributed by atoms with Crippen molar-refractivity contribution in [3.05, 3.63) is 88.0 Å². The van der Waals surface area contributed by atoms with Gasteiger partial charge in [0.2, 0.25) is 0 Å². The number of aryl methyl sites for hydroxylation is 2. The second-order valence-corrected chi connectivity index (χ2v) is 11.7. The average molecular weight is 656 g/mol. The summed E-state index contributed by atoms with van der Waals surface area (Å²) in [4.78, 5) is 36.5. The lowest BCUT2D eigenvalue weighted by atomic mass is 10.2. The molecule has 0 amide bonds. The van der Waals surface area contributed by atoms with Crippen LogP contribution in [0.1, 0.15) is 16.7 Å². The fourth-order valence-electron chi connectivity index (χ4n) is 4.48. The summed E-state index contributed by atoms with van der Waals surface area (Å²) in [5.74, 6) is 3.24. The van der Waals surface area contributed by atoms with Gasteiger partial charge in [-0.25, -0.2) is 29.9 Å². The lowest BCUT2D eigenvalue weighted by molar-refractivity contribution is 0.354. The molecule has 1 aromatic carbocycles. The van der Waals surface area contributed by atoms with Gasteiger partial charge in [0.15, 0.2) is 23.1 Å². The van der Waals surface area contributed by atoms with Gasteiger partial charge in [0.05, 0.1) is 37.4 Å². The van der Waals surface area contributed by atoms with Gasteiger partial charge in [0.1, 0.15) is 32.0 Å². The van der Waals surface area contributed by atoms with Crippen molar-refractivity contribution >= 4 is 60.5 Å². The molecule has 0 fully saturated rings. The molecular formula is C31H26ClN9O2S2. The van der Waals surface area contributed by atoms with Crippen LogP contribution in [0.15, 0.2) is 66.1 Å². The highest BCUT2D eigenvalue weighted by molar-refractivity contribution is 7.17. The number of halogens is 1. The summed E-state index contributed by atoms with van der Waals surface area (Å²) < 4.78 is 10.7. The van der Waals surface area contributed by atoms with Gasteiger partial charge in [-0.05, 0) is 53.4 Å². The molecule has 0 atom stereocenters. The molecule has 11 nitrogen and oxygen atoms in total. The zero-order valence-electron chi connectivity index (χ0n) is 24.6. The minimum absolute atomic E-state index is 0.467. The maximum Gasteiger partial charge on any atom is 0.183 e. The standard InChI is InChI=1S/C20H19N5O2S.C11H7ClN4S/c1-12-11-28-20-17(12)19(24-18(25-20)14-10-21-6-7-22-14)23-9-13-4-5-15(26-2)16(8-13)27-3;1-6-5-17-11-8(6)9(12)15-10(16-11)7-4-13-2-3-14-7/h4-8,10-11H,9H2,1-3H3,(H,23,24,25);2-5H,1H3. The number of rotatable bonds is 7. The second-order valence-electron chi connectivity index (χ2n) is 9.66.